The lowest BCUT2D eigenvalue weighted by molar-refractivity contribution is 0.0956. The zero-order chi connectivity index (χ0) is 18.1. The van der Waals surface area contributed by atoms with Crippen LogP contribution in [0.25, 0.3) is 0 Å². The average molecular weight is 369 g/mol. The second-order valence-electron chi connectivity index (χ2n) is 6.75. The van der Waals surface area contributed by atoms with E-state index in [4.69, 9.17) is 10.00 Å². The number of hydrogen-bond donors (Lipinski definition) is 0. The van der Waals surface area contributed by atoms with Gasteiger partial charge >= 0.3 is 0 Å². The first-order chi connectivity index (χ1) is 12.6. The van der Waals surface area contributed by atoms with Gasteiger partial charge in [-0.3, -0.25) is 4.98 Å². The number of fused-ring (bicyclic) bond motifs is 2. The van der Waals surface area contributed by atoms with E-state index >= 15 is 0 Å². The van der Waals surface area contributed by atoms with Crippen LogP contribution < -0.4 is 4.74 Å². The summed E-state index contributed by atoms with van der Waals surface area (Å²) in [4.78, 5) is 4.24. The standard InChI is InChI=1S/C19H19N3O3S/c20-13-14-1-5-19(6-2-14)26(23,24)22-15-3-4-16(22)12-18(11-15)25-17-7-9-21-10-8-17/h1-2,5-10,15-16,18H,3-4,11-12H2. The molecule has 2 saturated heterocycles. The molecule has 7 heteroatoms. The molecule has 2 atom stereocenters. The molecule has 2 aliphatic heterocycles. The van der Waals surface area contributed by atoms with Gasteiger partial charge in [-0.25, -0.2) is 8.42 Å². The van der Waals surface area contributed by atoms with Gasteiger partial charge in [0.05, 0.1) is 16.5 Å². The molecule has 0 saturated carbocycles. The molecule has 0 amide bonds. The summed E-state index contributed by atoms with van der Waals surface area (Å²) < 4.78 is 33.9. The maximum absolute atomic E-state index is 13.1. The SMILES string of the molecule is N#Cc1ccc(S(=O)(=O)N2C3CCC2CC(Oc2ccncc2)C3)cc1. The van der Waals surface area contributed by atoms with Crippen LogP contribution in [-0.4, -0.2) is 35.9 Å². The van der Waals surface area contributed by atoms with E-state index < -0.39 is 10.0 Å². The molecule has 1 aromatic carbocycles. The minimum absolute atomic E-state index is 0.0160. The van der Waals surface area contributed by atoms with Crippen molar-refractivity contribution in [3.8, 4) is 11.8 Å². The Labute approximate surface area is 153 Å². The van der Waals surface area contributed by atoms with Crippen molar-refractivity contribution in [3.63, 3.8) is 0 Å². The number of sulfonamides is 1. The van der Waals surface area contributed by atoms with Crippen molar-refractivity contribution >= 4 is 10.0 Å². The maximum atomic E-state index is 13.1. The number of hydrogen-bond acceptors (Lipinski definition) is 5. The molecule has 0 aliphatic carbocycles. The van der Waals surface area contributed by atoms with Crippen LogP contribution in [0.3, 0.4) is 0 Å². The van der Waals surface area contributed by atoms with E-state index in [1.807, 2.05) is 18.2 Å². The molecule has 2 aliphatic rings. The number of ether oxygens (including phenoxy) is 1. The zero-order valence-electron chi connectivity index (χ0n) is 14.2. The Morgan fingerprint density at radius 1 is 1.04 bits per heavy atom. The second-order valence-corrected chi connectivity index (χ2v) is 8.59. The average Bonchev–Trinajstić information content (AvgIpc) is 2.95. The van der Waals surface area contributed by atoms with E-state index in [0.29, 0.717) is 18.4 Å². The van der Waals surface area contributed by atoms with Crippen molar-refractivity contribution in [2.45, 2.75) is 48.8 Å². The predicted molar refractivity (Wildman–Crippen MR) is 94.9 cm³/mol. The number of aromatic nitrogens is 1. The van der Waals surface area contributed by atoms with Crippen molar-refractivity contribution in [2.24, 2.45) is 0 Å². The van der Waals surface area contributed by atoms with Gasteiger partial charge in [-0.05, 0) is 49.2 Å². The first kappa shape index (κ1) is 17.0. The van der Waals surface area contributed by atoms with Gasteiger partial charge in [0, 0.05) is 37.3 Å². The Balaban J connectivity index is 1.53. The third kappa shape index (κ3) is 3.06. The van der Waals surface area contributed by atoms with Crippen molar-refractivity contribution in [1.82, 2.24) is 9.29 Å². The highest BCUT2D eigenvalue weighted by Gasteiger charge is 2.47. The van der Waals surface area contributed by atoms with E-state index in [-0.39, 0.29) is 23.1 Å². The first-order valence-electron chi connectivity index (χ1n) is 8.68. The highest BCUT2D eigenvalue weighted by atomic mass is 32.2. The number of rotatable bonds is 4. The molecule has 6 nitrogen and oxygen atoms in total. The zero-order valence-corrected chi connectivity index (χ0v) is 15.0. The molecule has 0 spiro atoms. The fraction of sp³-hybridized carbons (Fsp3) is 0.368. The van der Waals surface area contributed by atoms with Crippen LogP contribution in [0.5, 0.6) is 5.75 Å². The molecule has 1 aromatic heterocycles. The molecule has 26 heavy (non-hydrogen) atoms. The van der Waals surface area contributed by atoms with E-state index in [1.165, 1.54) is 12.1 Å². The van der Waals surface area contributed by atoms with E-state index in [0.717, 1.165) is 18.6 Å². The number of pyridine rings is 1. The monoisotopic (exact) mass is 369 g/mol. The van der Waals surface area contributed by atoms with Gasteiger partial charge < -0.3 is 4.74 Å². The van der Waals surface area contributed by atoms with Gasteiger partial charge in [0.15, 0.2) is 0 Å². The van der Waals surface area contributed by atoms with Crippen LogP contribution in [-0.2, 0) is 10.0 Å². The highest BCUT2D eigenvalue weighted by Crippen LogP contribution is 2.40. The third-order valence-electron chi connectivity index (χ3n) is 5.13. The molecule has 2 aromatic rings. The molecule has 0 N–H and O–H groups in total. The fourth-order valence-corrected chi connectivity index (χ4v) is 5.90. The van der Waals surface area contributed by atoms with Gasteiger partial charge in [-0.1, -0.05) is 0 Å². The minimum atomic E-state index is -3.56. The van der Waals surface area contributed by atoms with Gasteiger partial charge in [-0.2, -0.15) is 9.57 Å². The Hall–Kier alpha value is -2.43. The van der Waals surface area contributed by atoms with Crippen LogP contribution in [0.4, 0.5) is 0 Å². The number of piperidine rings is 1. The summed E-state index contributed by atoms with van der Waals surface area (Å²) in [6, 6.07) is 11.7. The van der Waals surface area contributed by atoms with E-state index in [2.05, 4.69) is 4.98 Å². The smallest absolute Gasteiger partial charge is 0.243 e. The van der Waals surface area contributed by atoms with Crippen LogP contribution in [0.1, 0.15) is 31.2 Å². The molecule has 0 radical (unpaired) electrons. The van der Waals surface area contributed by atoms with Crippen molar-refractivity contribution in [3.05, 3.63) is 54.4 Å². The molecular weight excluding hydrogens is 350 g/mol. The maximum Gasteiger partial charge on any atom is 0.243 e. The first-order valence-corrected chi connectivity index (χ1v) is 10.1. The lowest BCUT2D eigenvalue weighted by Crippen LogP contribution is -2.49. The van der Waals surface area contributed by atoms with Crippen LogP contribution in [0.15, 0.2) is 53.7 Å². The topological polar surface area (TPSA) is 83.3 Å². The lowest BCUT2D eigenvalue weighted by atomic mass is 10.0. The van der Waals surface area contributed by atoms with Gasteiger partial charge in [0.2, 0.25) is 10.0 Å². The summed E-state index contributed by atoms with van der Waals surface area (Å²) in [5.41, 5.74) is 0.455. The van der Waals surface area contributed by atoms with E-state index in [1.54, 1.807) is 28.8 Å². The Morgan fingerprint density at radius 2 is 1.65 bits per heavy atom. The van der Waals surface area contributed by atoms with Gasteiger partial charge in [-0.15, -0.1) is 0 Å². The Bertz CT molecular complexity index is 909. The van der Waals surface area contributed by atoms with Crippen molar-refractivity contribution < 1.29 is 13.2 Å². The second kappa shape index (κ2) is 6.71. The van der Waals surface area contributed by atoms with Crippen molar-refractivity contribution in [1.29, 1.82) is 5.26 Å². The Morgan fingerprint density at radius 3 is 2.23 bits per heavy atom. The van der Waals surface area contributed by atoms with Gasteiger partial charge in [0.25, 0.3) is 0 Å². The summed E-state index contributed by atoms with van der Waals surface area (Å²) in [6.45, 7) is 0. The number of nitriles is 1. The molecule has 3 heterocycles. The predicted octanol–water partition coefficient (Wildman–Crippen LogP) is 2.72. The van der Waals surface area contributed by atoms with Gasteiger partial charge in [0.1, 0.15) is 11.9 Å². The normalized spacial score (nSPS) is 25.6. The Kier molecular flexibility index (Phi) is 4.39. The fourth-order valence-electron chi connectivity index (χ4n) is 4.01. The quantitative estimate of drug-likeness (QED) is 0.827. The molecule has 2 bridgehead atoms. The molecule has 2 fully saturated rings. The highest BCUT2D eigenvalue weighted by molar-refractivity contribution is 7.89. The summed E-state index contributed by atoms with van der Waals surface area (Å²) in [5, 5.41) is 8.90. The summed E-state index contributed by atoms with van der Waals surface area (Å²) >= 11 is 0. The lowest BCUT2D eigenvalue weighted by Gasteiger charge is -2.37. The summed E-state index contributed by atoms with van der Waals surface area (Å²) in [7, 11) is -3.56. The minimum Gasteiger partial charge on any atom is -0.490 e. The largest absolute Gasteiger partial charge is 0.490 e. The van der Waals surface area contributed by atoms with Crippen LogP contribution in [0, 0.1) is 11.3 Å². The molecule has 2 unspecified atom stereocenters. The van der Waals surface area contributed by atoms with Crippen molar-refractivity contribution in [2.75, 3.05) is 0 Å². The summed E-state index contributed by atoms with van der Waals surface area (Å²) in [5.74, 6) is 0.771. The summed E-state index contributed by atoms with van der Waals surface area (Å²) in [6.07, 6.45) is 6.49. The molecular formula is C19H19N3O3S. The van der Waals surface area contributed by atoms with Crippen LogP contribution >= 0.6 is 0 Å². The number of benzene rings is 1. The third-order valence-corrected chi connectivity index (χ3v) is 7.15. The number of nitrogens with zero attached hydrogens (tertiary/aromatic N) is 3. The van der Waals surface area contributed by atoms with Crippen LogP contribution in [0.2, 0.25) is 0 Å². The molecule has 134 valence electrons. The van der Waals surface area contributed by atoms with E-state index in [9.17, 15) is 8.42 Å². The molecule has 4 rings (SSSR count).